The number of nitrogens with zero attached hydrogens (tertiary/aromatic N) is 1. The number of rotatable bonds is 5. The largest absolute Gasteiger partial charge is 0.477 e. The lowest BCUT2D eigenvalue weighted by Gasteiger charge is -1.99. The van der Waals surface area contributed by atoms with Crippen LogP contribution in [0.3, 0.4) is 0 Å². The summed E-state index contributed by atoms with van der Waals surface area (Å²) in [6, 6.07) is 1.14. The molecule has 9 heteroatoms. The number of amides is 1. The minimum atomic E-state index is -3.20. The number of H-pyrrole nitrogens is 1. The molecule has 0 bridgehead atoms. The lowest BCUT2D eigenvalue weighted by molar-refractivity contribution is -0.115. The van der Waals surface area contributed by atoms with Crippen molar-refractivity contribution in [3.63, 3.8) is 0 Å². The van der Waals surface area contributed by atoms with Crippen molar-refractivity contribution in [2.75, 3.05) is 17.3 Å². The summed E-state index contributed by atoms with van der Waals surface area (Å²) in [7, 11) is -3.20. The van der Waals surface area contributed by atoms with Gasteiger partial charge in [-0.05, 0) is 0 Å². The van der Waals surface area contributed by atoms with E-state index in [9.17, 15) is 18.0 Å². The molecule has 0 unspecified atom stereocenters. The number of aromatic carboxylic acids is 1. The fraction of sp³-hybridized carbons (Fsp3) is 0.375. The van der Waals surface area contributed by atoms with E-state index >= 15 is 0 Å². The van der Waals surface area contributed by atoms with Gasteiger partial charge >= 0.3 is 5.97 Å². The standard InChI is InChI=1S/C8H11N3O5S/c1-17(15,16)3-2-7(12)9-6-4-5(8(13)14)10-11-6/h4H,2-3H2,1H3,(H,13,14)(H2,9,10,11,12). The van der Waals surface area contributed by atoms with Crippen LogP contribution in [0.2, 0.25) is 0 Å². The number of carbonyl (C=O) groups excluding carboxylic acids is 1. The molecule has 1 aromatic rings. The topological polar surface area (TPSA) is 129 Å². The molecule has 0 radical (unpaired) electrons. The fourth-order valence-corrected chi connectivity index (χ4v) is 1.53. The van der Waals surface area contributed by atoms with Crippen molar-refractivity contribution in [2.45, 2.75) is 6.42 Å². The highest BCUT2D eigenvalue weighted by Crippen LogP contribution is 2.05. The molecule has 0 aliphatic rings. The van der Waals surface area contributed by atoms with Gasteiger partial charge in [-0.1, -0.05) is 0 Å². The average Bonchev–Trinajstić information content (AvgIpc) is 2.62. The molecule has 0 aliphatic carbocycles. The van der Waals surface area contributed by atoms with Gasteiger partial charge in [-0.3, -0.25) is 9.89 Å². The molecule has 17 heavy (non-hydrogen) atoms. The van der Waals surface area contributed by atoms with Gasteiger partial charge in [0.1, 0.15) is 15.5 Å². The first-order chi connectivity index (χ1) is 7.78. The van der Waals surface area contributed by atoms with Crippen LogP contribution in [-0.2, 0) is 14.6 Å². The molecule has 1 heterocycles. The molecular weight excluding hydrogens is 250 g/mol. The Kier molecular flexibility index (Phi) is 3.84. The van der Waals surface area contributed by atoms with Gasteiger partial charge in [-0.2, -0.15) is 5.10 Å². The Labute approximate surface area is 96.9 Å². The van der Waals surface area contributed by atoms with E-state index in [4.69, 9.17) is 5.11 Å². The summed E-state index contributed by atoms with van der Waals surface area (Å²) in [5, 5.41) is 16.6. The number of nitrogens with one attached hydrogen (secondary N) is 2. The van der Waals surface area contributed by atoms with E-state index in [0.717, 1.165) is 12.3 Å². The highest BCUT2D eigenvalue weighted by atomic mass is 32.2. The van der Waals surface area contributed by atoms with Crippen LogP contribution in [-0.4, -0.2) is 47.6 Å². The quantitative estimate of drug-likeness (QED) is 0.654. The number of hydrogen-bond acceptors (Lipinski definition) is 5. The maximum absolute atomic E-state index is 11.3. The van der Waals surface area contributed by atoms with Gasteiger partial charge < -0.3 is 10.4 Å². The molecule has 94 valence electrons. The lowest BCUT2D eigenvalue weighted by atomic mass is 10.4. The Balaban J connectivity index is 2.53. The van der Waals surface area contributed by atoms with Crippen molar-refractivity contribution >= 4 is 27.5 Å². The SMILES string of the molecule is CS(=O)(=O)CCC(=O)Nc1cc(C(=O)O)[nH]n1. The number of carboxylic acid groups (broad SMARTS) is 1. The Bertz CT molecular complexity index is 533. The lowest BCUT2D eigenvalue weighted by Crippen LogP contribution is -2.16. The predicted octanol–water partition coefficient (Wildman–Crippen LogP) is -0.519. The summed E-state index contributed by atoms with van der Waals surface area (Å²) in [5.74, 6) is -1.97. The Morgan fingerprint density at radius 2 is 2.18 bits per heavy atom. The van der Waals surface area contributed by atoms with E-state index in [1.807, 2.05) is 0 Å². The second-order valence-electron chi connectivity index (χ2n) is 3.40. The van der Waals surface area contributed by atoms with Crippen LogP contribution in [0.1, 0.15) is 16.9 Å². The van der Waals surface area contributed by atoms with Gasteiger partial charge in [0.05, 0.1) is 5.75 Å². The summed E-state index contributed by atoms with van der Waals surface area (Å²) in [6.45, 7) is 0. The van der Waals surface area contributed by atoms with Crippen LogP contribution in [0.4, 0.5) is 5.82 Å². The normalized spacial score (nSPS) is 11.1. The first-order valence-electron chi connectivity index (χ1n) is 4.54. The number of sulfone groups is 1. The first kappa shape index (κ1) is 13.2. The maximum atomic E-state index is 11.3. The highest BCUT2D eigenvalue weighted by Gasteiger charge is 2.11. The van der Waals surface area contributed by atoms with Gasteiger partial charge in [-0.25, -0.2) is 13.2 Å². The fourth-order valence-electron chi connectivity index (χ4n) is 0.979. The van der Waals surface area contributed by atoms with Crippen LogP contribution < -0.4 is 5.32 Å². The smallest absolute Gasteiger partial charge is 0.353 e. The number of carboxylic acids is 1. The zero-order valence-corrected chi connectivity index (χ0v) is 9.74. The minimum absolute atomic E-state index is 0.0425. The van der Waals surface area contributed by atoms with Crippen LogP contribution in [0.25, 0.3) is 0 Å². The summed E-state index contributed by atoms with van der Waals surface area (Å²) < 4.78 is 21.6. The molecule has 1 aromatic heterocycles. The van der Waals surface area contributed by atoms with Crippen molar-refractivity contribution in [2.24, 2.45) is 0 Å². The van der Waals surface area contributed by atoms with Gasteiger partial charge in [-0.15, -0.1) is 0 Å². The van der Waals surface area contributed by atoms with Crippen LogP contribution >= 0.6 is 0 Å². The molecule has 0 spiro atoms. The Morgan fingerprint density at radius 1 is 1.53 bits per heavy atom. The van der Waals surface area contributed by atoms with E-state index in [1.54, 1.807) is 0 Å². The molecular formula is C8H11N3O5S. The van der Waals surface area contributed by atoms with Gasteiger partial charge in [0.15, 0.2) is 5.82 Å². The number of aromatic nitrogens is 2. The number of carbonyl (C=O) groups is 2. The van der Waals surface area contributed by atoms with Crippen molar-refractivity contribution in [1.29, 1.82) is 0 Å². The zero-order chi connectivity index (χ0) is 13.1. The van der Waals surface area contributed by atoms with Crippen molar-refractivity contribution in [3.05, 3.63) is 11.8 Å². The molecule has 0 aromatic carbocycles. The molecule has 1 amide bonds. The average molecular weight is 261 g/mol. The van der Waals surface area contributed by atoms with Crippen molar-refractivity contribution in [1.82, 2.24) is 10.2 Å². The number of anilines is 1. The number of aromatic amines is 1. The third-order valence-corrected chi connectivity index (χ3v) is 2.72. The molecule has 8 nitrogen and oxygen atoms in total. The van der Waals surface area contributed by atoms with E-state index in [-0.39, 0.29) is 23.7 Å². The zero-order valence-electron chi connectivity index (χ0n) is 8.93. The van der Waals surface area contributed by atoms with E-state index in [0.29, 0.717) is 0 Å². The summed E-state index contributed by atoms with van der Waals surface area (Å²) in [5.41, 5.74) is -0.164. The van der Waals surface area contributed by atoms with E-state index in [1.165, 1.54) is 0 Å². The summed E-state index contributed by atoms with van der Waals surface area (Å²) in [4.78, 5) is 21.8. The molecule has 0 aliphatic heterocycles. The molecule has 1 rings (SSSR count). The number of hydrogen-bond donors (Lipinski definition) is 3. The second kappa shape index (κ2) is 4.95. The summed E-state index contributed by atoms with van der Waals surface area (Å²) >= 11 is 0. The Hall–Kier alpha value is -1.90. The second-order valence-corrected chi connectivity index (χ2v) is 5.66. The highest BCUT2D eigenvalue weighted by molar-refractivity contribution is 7.90. The molecule has 0 atom stereocenters. The van der Waals surface area contributed by atoms with Crippen molar-refractivity contribution in [3.8, 4) is 0 Å². The monoisotopic (exact) mass is 261 g/mol. The predicted molar refractivity (Wildman–Crippen MR) is 58.5 cm³/mol. The molecule has 0 saturated carbocycles. The van der Waals surface area contributed by atoms with E-state index < -0.39 is 21.7 Å². The van der Waals surface area contributed by atoms with Gasteiger partial charge in [0.25, 0.3) is 0 Å². The van der Waals surface area contributed by atoms with Gasteiger partial charge in [0.2, 0.25) is 5.91 Å². The maximum Gasteiger partial charge on any atom is 0.353 e. The summed E-state index contributed by atoms with van der Waals surface area (Å²) in [6.07, 6.45) is 0.825. The molecule has 0 saturated heterocycles. The van der Waals surface area contributed by atoms with Crippen molar-refractivity contribution < 1.29 is 23.1 Å². The van der Waals surface area contributed by atoms with Gasteiger partial charge in [0, 0.05) is 18.7 Å². The third kappa shape index (κ3) is 4.64. The van der Waals surface area contributed by atoms with Crippen LogP contribution in [0, 0.1) is 0 Å². The third-order valence-electron chi connectivity index (χ3n) is 1.78. The first-order valence-corrected chi connectivity index (χ1v) is 6.60. The van der Waals surface area contributed by atoms with Crippen LogP contribution in [0.15, 0.2) is 6.07 Å². The Morgan fingerprint density at radius 3 is 2.65 bits per heavy atom. The minimum Gasteiger partial charge on any atom is -0.477 e. The van der Waals surface area contributed by atoms with E-state index in [2.05, 4.69) is 15.5 Å². The van der Waals surface area contributed by atoms with Crippen LogP contribution in [0.5, 0.6) is 0 Å². The molecule has 0 fully saturated rings. The molecule has 3 N–H and O–H groups in total.